The van der Waals surface area contributed by atoms with Crippen LogP contribution >= 0.6 is 46.6 Å². The minimum Gasteiger partial charge on any atom is -0.277 e. The summed E-state index contributed by atoms with van der Waals surface area (Å²) in [6.45, 7) is 0. The number of allylic oxidation sites excluding steroid dienone is 1. The summed E-state index contributed by atoms with van der Waals surface area (Å²) in [5.41, 5.74) is -0.187. The Morgan fingerprint density at radius 2 is 1.57 bits per heavy atom. The molecule has 2 heterocycles. The zero-order valence-electron chi connectivity index (χ0n) is 13.8. The number of nitrogens with one attached hydrogen (secondary N) is 2. The molecule has 0 amide bonds. The number of sulfonamides is 2. The van der Waals surface area contributed by atoms with E-state index in [1.165, 1.54) is 42.2 Å². The lowest BCUT2D eigenvalue weighted by Gasteiger charge is -2.16. The molecule has 0 atom stereocenters. The van der Waals surface area contributed by atoms with Crippen LogP contribution < -0.4 is 9.44 Å². The molecule has 0 unspecified atom stereocenters. The van der Waals surface area contributed by atoms with Crippen LogP contribution in [0.4, 0.5) is 11.4 Å². The molecular formula is C15H12Cl3N3O4S3. The molecule has 1 aromatic carbocycles. The highest BCUT2D eigenvalue weighted by Crippen LogP contribution is 2.37. The maximum absolute atomic E-state index is 12.7. The first kappa shape index (κ1) is 21.5. The standard InChI is InChI=1S/C15H12Cl3N3O4S3/c16-9-7-11(20-27(22,23)13-3-1-5-19-15(13)18)12(8-10(9)17)21-28(24,25)14-4-2-6-26-14/h1,3-5,7-8,20-21H,2,6H2. The number of nitrogens with zero attached hydrogens (tertiary/aromatic N) is 1. The molecule has 0 aliphatic carbocycles. The average Bonchev–Trinajstić information content (AvgIpc) is 3.15. The van der Waals surface area contributed by atoms with Gasteiger partial charge in [-0.05, 0) is 30.7 Å². The van der Waals surface area contributed by atoms with Gasteiger partial charge in [-0.15, -0.1) is 11.8 Å². The number of benzene rings is 1. The van der Waals surface area contributed by atoms with Crippen molar-refractivity contribution in [3.63, 3.8) is 0 Å². The quantitative estimate of drug-likeness (QED) is 0.563. The fourth-order valence-corrected chi connectivity index (χ4v) is 6.68. The van der Waals surface area contributed by atoms with E-state index in [1.54, 1.807) is 6.08 Å². The highest BCUT2D eigenvalue weighted by atomic mass is 35.5. The van der Waals surface area contributed by atoms with Gasteiger partial charge in [-0.3, -0.25) is 9.44 Å². The molecule has 0 saturated heterocycles. The number of hydrogen-bond acceptors (Lipinski definition) is 6. The van der Waals surface area contributed by atoms with E-state index in [4.69, 9.17) is 34.8 Å². The molecule has 0 fully saturated rings. The second-order valence-corrected chi connectivity index (χ2v) is 11.3. The van der Waals surface area contributed by atoms with Crippen molar-refractivity contribution >= 4 is 78.0 Å². The van der Waals surface area contributed by atoms with Crippen molar-refractivity contribution in [1.82, 2.24) is 4.98 Å². The van der Waals surface area contributed by atoms with E-state index in [2.05, 4.69) is 14.4 Å². The van der Waals surface area contributed by atoms with Crippen LogP contribution in [-0.4, -0.2) is 27.6 Å². The van der Waals surface area contributed by atoms with E-state index in [9.17, 15) is 16.8 Å². The Morgan fingerprint density at radius 3 is 2.11 bits per heavy atom. The minimum absolute atomic E-state index is 0.0362. The normalized spacial score (nSPS) is 14.6. The van der Waals surface area contributed by atoms with Gasteiger partial charge in [-0.25, -0.2) is 21.8 Å². The van der Waals surface area contributed by atoms with Crippen LogP contribution in [0.1, 0.15) is 6.42 Å². The van der Waals surface area contributed by atoms with E-state index >= 15 is 0 Å². The van der Waals surface area contributed by atoms with E-state index in [0.29, 0.717) is 12.2 Å². The third-order valence-electron chi connectivity index (χ3n) is 3.50. The Balaban J connectivity index is 2.02. The van der Waals surface area contributed by atoms with Gasteiger partial charge in [0.1, 0.15) is 14.3 Å². The van der Waals surface area contributed by atoms with Crippen LogP contribution in [0.3, 0.4) is 0 Å². The molecule has 2 N–H and O–H groups in total. The van der Waals surface area contributed by atoms with Gasteiger partial charge in [0.25, 0.3) is 20.0 Å². The first-order valence-electron chi connectivity index (χ1n) is 7.58. The molecule has 0 spiro atoms. The monoisotopic (exact) mass is 499 g/mol. The Labute approximate surface area is 181 Å². The summed E-state index contributed by atoms with van der Waals surface area (Å²) in [5, 5.41) is -0.145. The summed E-state index contributed by atoms with van der Waals surface area (Å²) in [6, 6.07) is 5.10. The van der Waals surface area contributed by atoms with Crippen molar-refractivity contribution in [3.8, 4) is 0 Å². The second kappa shape index (κ2) is 8.29. The molecule has 0 saturated carbocycles. The number of halogens is 3. The Morgan fingerprint density at radius 1 is 0.964 bits per heavy atom. The molecule has 1 aliphatic heterocycles. The van der Waals surface area contributed by atoms with Crippen molar-refractivity contribution in [2.75, 3.05) is 15.2 Å². The van der Waals surface area contributed by atoms with Crippen molar-refractivity contribution in [2.45, 2.75) is 11.3 Å². The zero-order chi connectivity index (χ0) is 20.5. The molecule has 0 radical (unpaired) electrons. The van der Waals surface area contributed by atoms with Crippen molar-refractivity contribution < 1.29 is 16.8 Å². The Kier molecular flexibility index (Phi) is 6.38. The van der Waals surface area contributed by atoms with Gasteiger partial charge in [0.05, 0.1) is 21.4 Å². The molecule has 28 heavy (non-hydrogen) atoms. The minimum atomic E-state index is -4.17. The fourth-order valence-electron chi connectivity index (χ4n) is 2.26. The number of anilines is 2. The molecule has 13 heteroatoms. The predicted molar refractivity (Wildman–Crippen MR) is 114 cm³/mol. The maximum atomic E-state index is 12.7. The maximum Gasteiger partial charge on any atom is 0.267 e. The van der Waals surface area contributed by atoms with Crippen LogP contribution in [0.5, 0.6) is 0 Å². The fraction of sp³-hybridized carbons (Fsp3) is 0.133. The predicted octanol–water partition coefficient (Wildman–Crippen LogP) is 4.56. The Bertz CT molecular complexity index is 1170. The van der Waals surface area contributed by atoms with Crippen molar-refractivity contribution in [2.24, 2.45) is 0 Å². The first-order valence-corrected chi connectivity index (χ1v) is 12.7. The van der Waals surface area contributed by atoms with Crippen molar-refractivity contribution in [3.05, 3.63) is 56.0 Å². The lowest BCUT2D eigenvalue weighted by atomic mass is 10.3. The summed E-state index contributed by atoms with van der Waals surface area (Å²) >= 11 is 19.0. The van der Waals surface area contributed by atoms with E-state index in [1.807, 2.05) is 0 Å². The van der Waals surface area contributed by atoms with E-state index in [-0.39, 0.29) is 35.7 Å². The SMILES string of the molecule is O=S(=O)(Nc1cc(Cl)c(Cl)cc1NS(=O)(=O)c1cccnc1Cl)C1=CCCS1. The topological polar surface area (TPSA) is 105 Å². The van der Waals surface area contributed by atoms with Gasteiger partial charge in [0.2, 0.25) is 0 Å². The summed E-state index contributed by atoms with van der Waals surface area (Å²) < 4.78 is 55.3. The van der Waals surface area contributed by atoms with Crippen LogP contribution in [-0.2, 0) is 20.0 Å². The van der Waals surface area contributed by atoms with E-state index in [0.717, 1.165) is 0 Å². The zero-order valence-corrected chi connectivity index (χ0v) is 18.5. The number of aromatic nitrogens is 1. The molecule has 1 aliphatic rings. The molecule has 1 aromatic heterocycles. The van der Waals surface area contributed by atoms with Crippen LogP contribution in [0.2, 0.25) is 15.2 Å². The summed E-state index contributed by atoms with van der Waals surface area (Å²) in [5.74, 6) is 0.649. The van der Waals surface area contributed by atoms with Gasteiger partial charge < -0.3 is 0 Å². The number of pyridine rings is 1. The molecule has 0 bridgehead atoms. The number of thioether (sulfide) groups is 1. The van der Waals surface area contributed by atoms with Crippen LogP contribution in [0, 0.1) is 0 Å². The first-order chi connectivity index (χ1) is 13.1. The number of rotatable bonds is 6. The van der Waals surface area contributed by atoms with Crippen LogP contribution in [0.25, 0.3) is 0 Å². The third kappa shape index (κ3) is 4.69. The highest BCUT2D eigenvalue weighted by molar-refractivity contribution is 8.19. The molecular weight excluding hydrogens is 489 g/mol. The summed E-state index contributed by atoms with van der Waals surface area (Å²) in [7, 11) is -8.07. The van der Waals surface area contributed by atoms with Crippen molar-refractivity contribution in [1.29, 1.82) is 0 Å². The lowest BCUT2D eigenvalue weighted by molar-refractivity contribution is 0.600. The third-order valence-corrected chi connectivity index (χ3v) is 9.12. The largest absolute Gasteiger partial charge is 0.277 e. The molecule has 3 rings (SSSR count). The van der Waals surface area contributed by atoms with Crippen LogP contribution in [0.15, 0.2) is 45.7 Å². The van der Waals surface area contributed by atoms with Gasteiger partial charge in [-0.2, -0.15) is 0 Å². The van der Waals surface area contributed by atoms with Gasteiger partial charge in [0.15, 0.2) is 0 Å². The Hall–Kier alpha value is -1.17. The second-order valence-electron chi connectivity index (χ2n) is 5.48. The summed E-state index contributed by atoms with van der Waals surface area (Å²) in [4.78, 5) is 3.46. The van der Waals surface area contributed by atoms with Gasteiger partial charge >= 0.3 is 0 Å². The highest BCUT2D eigenvalue weighted by Gasteiger charge is 2.25. The lowest BCUT2D eigenvalue weighted by Crippen LogP contribution is -2.18. The summed E-state index contributed by atoms with van der Waals surface area (Å²) in [6.07, 6.45) is 3.55. The molecule has 7 nitrogen and oxygen atoms in total. The molecule has 2 aromatic rings. The van der Waals surface area contributed by atoms with E-state index < -0.39 is 20.0 Å². The number of hydrogen-bond donors (Lipinski definition) is 2. The van der Waals surface area contributed by atoms with Gasteiger partial charge in [-0.1, -0.05) is 40.9 Å². The van der Waals surface area contributed by atoms with Gasteiger partial charge in [0, 0.05) is 11.9 Å². The molecule has 150 valence electrons. The average molecular weight is 501 g/mol. The smallest absolute Gasteiger partial charge is 0.267 e.